The van der Waals surface area contributed by atoms with Gasteiger partial charge in [-0.05, 0) is 30.3 Å². The molecule has 5 rings (SSSR count). The Morgan fingerprint density at radius 2 is 1.97 bits per heavy atom. The van der Waals surface area contributed by atoms with E-state index in [4.69, 9.17) is 4.74 Å². The number of hydrogen-bond acceptors (Lipinski definition) is 6. The zero-order chi connectivity index (χ0) is 21.2. The van der Waals surface area contributed by atoms with E-state index in [2.05, 4.69) is 20.3 Å². The van der Waals surface area contributed by atoms with Gasteiger partial charge in [-0.25, -0.2) is 9.97 Å². The maximum absolute atomic E-state index is 12.6. The Labute approximate surface area is 177 Å². The number of carbonyl (C=O) groups excluding carboxylic acids is 1. The van der Waals surface area contributed by atoms with Crippen molar-refractivity contribution < 1.29 is 9.53 Å². The molecule has 1 aliphatic heterocycles. The number of rotatable bonds is 4. The SMILES string of the molecule is O=C(c1ccc(Nc2ccc(-c3cc[nH]c(=O)c3)n3ccnc23)cn1)N1CCOCC1. The molecule has 0 radical (unpaired) electrons. The molecular formula is C22H20N6O3. The predicted molar refractivity (Wildman–Crippen MR) is 115 cm³/mol. The predicted octanol–water partition coefficient (Wildman–Crippen LogP) is 2.30. The molecule has 2 N–H and O–H groups in total. The van der Waals surface area contributed by atoms with Crippen LogP contribution in [0.25, 0.3) is 16.9 Å². The molecule has 4 aromatic heterocycles. The van der Waals surface area contributed by atoms with Crippen molar-refractivity contribution in [2.45, 2.75) is 0 Å². The minimum atomic E-state index is -0.161. The van der Waals surface area contributed by atoms with Gasteiger partial charge in [0.1, 0.15) is 5.69 Å². The molecule has 0 unspecified atom stereocenters. The molecule has 0 bridgehead atoms. The zero-order valence-corrected chi connectivity index (χ0v) is 16.6. The first-order valence-corrected chi connectivity index (χ1v) is 9.94. The lowest BCUT2D eigenvalue weighted by Gasteiger charge is -2.26. The van der Waals surface area contributed by atoms with Crippen molar-refractivity contribution in [2.75, 3.05) is 31.6 Å². The number of anilines is 2. The van der Waals surface area contributed by atoms with Gasteiger partial charge >= 0.3 is 0 Å². The van der Waals surface area contributed by atoms with E-state index in [-0.39, 0.29) is 11.5 Å². The molecule has 156 valence electrons. The van der Waals surface area contributed by atoms with Crippen LogP contribution < -0.4 is 10.9 Å². The number of imidazole rings is 1. The first-order valence-electron chi connectivity index (χ1n) is 9.94. The Hall–Kier alpha value is -3.98. The summed E-state index contributed by atoms with van der Waals surface area (Å²) in [5.41, 5.74) is 4.14. The molecule has 1 fully saturated rings. The minimum absolute atomic E-state index is 0.0901. The van der Waals surface area contributed by atoms with E-state index in [0.29, 0.717) is 37.6 Å². The number of H-pyrrole nitrogens is 1. The molecular weight excluding hydrogens is 396 g/mol. The largest absolute Gasteiger partial charge is 0.378 e. The number of aromatic amines is 1. The van der Waals surface area contributed by atoms with Gasteiger partial charge in [-0.3, -0.25) is 14.0 Å². The Kier molecular flexibility index (Phi) is 4.93. The average molecular weight is 416 g/mol. The molecule has 0 atom stereocenters. The van der Waals surface area contributed by atoms with Gasteiger partial charge in [0.2, 0.25) is 5.56 Å². The van der Waals surface area contributed by atoms with Crippen molar-refractivity contribution in [2.24, 2.45) is 0 Å². The van der Waals surface area contributed by atoms with Gasteiger partial charge in [-0.15, -0.1) is 0 Å². The summed E-state index contributed by atoms with van der Waals surface area (Å²) < 4.78 is 7.21. The first kappa shape index (κ1) is 19.0. The summed E-state index contributed by atoms with van der Waals surface area (Å²) in [4.78, 5) is 37.4. The lowest BCUT2D eigenvalue weighted by molar-refractivity contribution is 0.0299. The standard InChI is InChI=1S/C22H20N6O3/c29-20-13-15(5-6-23-20)19-4-3-17(21-24-7-8-28(19)21)26-16-1-2-18(25-14-16)22(30)27-9-11-31-12-10-27/h1-8,13-14,26H,9-12H2,(H,23,29). The van der Waals surface area contributed by atoms with Crippen LogP contribution in [-0.2, 0) is 4.74 Å². The summed E-state index contributed by atoms with van der Waals surface area (Å²) in [6, 6.07) is 10.8. The number of aromatic nitrogens is 4. The third-order valence-corrected chi connectivity index (χ3v) is 5.18. The second kappa shape index (κ2) is 8.04. The van der Waals surface area contributed by atoms with E-state index < -0.39 is 0 Å². The van der Waals surface area contributed by atoms with Crippen LogP contribution in [-0.4, -0.2) is 56.5 Å². The highest BCUT2D eigenvalue weighted by atomic mass is 16.5. The summed E-state index contributed by atoms with van der Waals surface area (Å²) in [5.74, 6) is -0.0901. The number of hydrogen-bond donors (Lipinski definition) is 2. The van der Waals surface area contributed by atoms with Gasteiger partial charge in [-0.1, -0.05) is 0 Å². The highest BCUT2D eigenvalue weighted by molar-refractivity contribution is 5.92. The fourth-order valence-corrected chi connectivity index (χ4v) is 3.63. The van der Waals surface area contributed by atoms with Crippen molar-refractivity contribution in [3.05, 3.63) is 77.2 Å². The number of nitrogens with one attached hydrogen (secondary N) is 2. The summed E-state index contributed by atoms with van der Waals surface area (Å²) in [6.45, 7) is 2.27. The van der Waals surface area contributed by atoms with Crippen molar-refractivity contribution in [1.82, 2.24) is 24.3 Å². The van der Waals surface area contributed by atoms with Crippen molar-refractivity contribution in [1.29, 1.82) is 0 Å². The zero-order valence-electron chi connectivity index (χ0n) is 16.6. The molecule has 0 spiro atoms. The summed E-state index contributed by atoms with van der Waals surface area (Å²) in [7, 11) is 0. The van der Waals surface area contributed by atoms with Crippen LogP contribution in [0, 0.1) is 0 Å². The van der Waals surface area contributed by atoms with E-state index in [1.54, 1.807) is 35.6 Å². The lowest BCUT2D eigenvalue weighted by Crippen LogP contribution is -2.41. The number of nitrogens with zero attached hydrogens (tertiary/aromatic N) is 4. The normalized spacial score (nSPS) is 14.0. The second-order valence-electron chi connectivity index (χ2n) is 7.16. The van der Waals surface area contributed by atoms with Crippen LogP contribution in [0.15, 0.2) is 66.0 Å². The second-order valence-corrected chi connectivity index (χ2v) is 7.16. The Morgan fingerprint density at radius 3 is 2.74 bits per heavy atom. The van der Waals surface area contributed by atoms with Gasteiger partial charge in [0.05, 0.1) is 36.5 Å². The topological polar surface area (TPSA) is 105 Å². The van der Waals surface area contributed by atoms with E-state index in [0.717, 1.165) is 22.6 Å². The van der Waals surface area contributed by atoms with Crippen LogP contribution in [0.3, 0.4) is 0 Å². The van der Waals surface area contributed by atoms with Crippen LogP contribution in [0.2, 0.25) is 0 Å². The van der Waals surface area contributed by atoms with Gasteiger partial charge in [0, 0.05) is 43.3 Å². The fraction of sp³-hybridized carbons (Fsp3) is 0.182. The Bertz CT molecular complexity index is 1290. The maximum atomic E-state index is 12.6. The van der Waals surface area contributed by atoms with Crippen molar-refractivity contribution >= 4 is 22.9 Å². The van der Waals surface area contributed by atoms with E-state index >= 15 is 0 Å². The third kappa shape index (κ3) is 3.78. The quantitative estimate of drug-likeness (QED) is 0.529. The lowest BCUT2D eigenvalue weighted by atomic mass is 10.1. The first-order chi connectivity index (χ1) is 15.2. The number of ether oxygens (including phenoxy) is 1. The highest BCUT2D eigenvalue weighted by Crippen LogP contribution is 2.26. The number of carbonyl (C=O) groups is 1. The molecule has 0 aliphatic carbocycles. The van der Waals surface area contributed by atoms with Gasteiger partial charge < -0.3 is 19.9 Å². The molecule has 0 saturated carbocycles. The van der Waals surface area contributed by atoms with Crippen molar-refractivity contribution in [3.8, 4) is 11.3 Å². The molecule has 4 aromatic rings. The maximum Gasteiger partial charge on any atom is 0.272 e. The fourth-order valence-electron chi connectivity index (χ4n) is 3.63. The molecule has 1 amide bonds. The van der Waals surface area contributed by atoms with Gasteiger partial charge in [0.15, 0.2) is 5.65 Å². The van der Waals surface area contributed by atoms with Crippen LogP contribution in [0.4, 0.5) is 11.4 Å². The number of fused-ring (bicyclic) bond motifs is 1. The van der Waals surface area contributed by atoms with Crippen LogP contribution in [0.5, 0.6) is 0 Å². The number of pyridine rings is 3. The van der Waals surface area contributed by atoms with E-state index in [9.17, 15) is 9.59 Å². The molecule has 1 aliphatic rings. The summed E-state index contributed by atoms with van der Waals surface area (Å²) in [5, 5.41) is 3.31. The summed E-state index contributed by atoms with van der Waals surface area (Å²) >= 11 is 0. The van der Waals surface area contributed by atoms with Crippen LogP contribution in [0.1, 0.15) is 10.5 Å². The molecule has 0 aromatic carbocycles. The van der Waals surface area contributed by atoms with Gasteiger partial charge in [0.25, 0.3) is 5.91 Å². The number of morpholine rings is 1. The smallest absolute Gasteiger partial charge is 0.272 e. The average Bonchev–Trinajstić information content (AvgIpc) is 3.30. The molecule has 9 heteroatoms. The molecule has 31 heavy (non-hydrogen) atoms. The minimum Gasteiger partial charge on any atom is -0.378 e. The van der Waals surface area contributed by atoms with E-state index in [1.807, 2.05) is 34.9 Å². The Morgan fingerprint density at radius 1 is 1.10 bits per heavy atom. The van der Waals surface area contributed by atoms with E-state index in [1.165, 1.54) is 0 Å². The Balaban J connectivity index is 1.40. The van der Waals surface area contributed by atoms with Gasteiger partial charge in [-0.2, -0.15) is 0 Å². The monoisotopic (exact) mass is 416 g/mol. The highest BCUT2D eigenvalue weighted by Gasteiger charge is 2.19. The molecule has 1 saturated heterocycles. The van der Waals surface area contributed by atoms with Crippen molar-refractivity contribution in [3.63, 3.8) is 0 Å². The molecule has 9 nitrogen and oxygen atoms in total. The number of amides is 1. The van der Waals surface area contributed by atoms with Crippen LogP contribution >= 0.6 is 0 Å². The third-order valence-electron chi connectivity index (χ3n) is 5.18. The molecule has 5 heterocycles. The summed E-state index contributed by atoms with van der Waals surface area (Å²) in [6.07, 6.45) is 6.81.